The fourth-order valence-corrected chi connectivity index (χ4v) is 2.90. The van der Waals surface area contributed by atoms with E-state index in [9.17, 15) is 4.39 Å². The van der Waals surface area contributed by atoms with E-state index in [1.165, 1.54) is 6.07 Å². The van der Waals surface area contributed by atoms with Crippen LogP contribution in [0.15, 0.2) is 45.3 Å². The predicted molar refractivity (Wildman–Crippen MR) is 85.8 cm³/mol. The quantitative estimate of drug-likeness (QED) is 0.708. The summed E-state index contributed by atoms with van der Waals surface area (Å²) in [7, 11) is 0. The topological polar surface area (TPSA) is 39.2 Å². The Morgan fingerprint density at radius 1 is 1.14 bits per heavy atom. The number of hydrogen-bond donors (Lipinski definition) is 1. The molecule has 0 aliphatic heterocycles. The second-order valence-electron chi connectivity index (χ2n) is 5.24. The predicted octanol–water partition coefficient (Wildman–Crippen LogP) is 5.00. The van der Waals surface area contributed by atoms with E-state index in [1.807, 2.05) is 26.0 Å². The zero-order valence-corrected chi connectivity index (χ0v) is 13.4. The maximum atomic E-state index is 13.3. The summed E-state index contributed by atoms with van der Waals surface area (Å²) in [6, 6.07) is 10.4. The fourth-order valence-electron chi connectivity index (χ4n) is 2.51. The minimum atomic E-state index is -0.422. The molecule has 1 unspecified atom stereocenters. The Kier molecular flexibility index (Phi) is 3.59. The molecule has 2 N–H and O–H groups in total. The van der Waals surface area contributed by atoms with Crippen LogP contribution in [-0.2, 0) is 0 Å². The number of halogens is 2. The number of aryl methyl sites for hydroxylation is 2. The molecular weight excluding hydrogens is 333 g/mol. The van der Waals surface area contributed by atoms with Crippen molar-refractivity contribution in [3.8, 4) is 0 Å². The van der Waals surface area contributed by atoms with Gasteiger partial charge >= 0.3 is 0 Å². The van der Waals surface area contributed by atoms with Crippen molar-refractivity contribution in [2.24, 2.45) is 5.73 Å². The Morgan fingerprint density at radius 3 is 2.62 bits per heavy atom. The maximum Gasteiger partial charge on any atom is 0.137 e. The first kappa shape index (κ1) is 14.3. The Balaban J connectivity index is 2.10. The van der Waals surface area contributed by atoms with Crippen molar-refractivity contribution in [3.05, 3.63) is 69.1 Å². The van der Waals surface area contributed by atoms with E-state index >= 15 is 0 Å². The highest BCUT2D eigenvalue weighted by atomic mass is 79.9. The van der Waals surface area contributed by atoms with E-state index in [4.69, 9.17) is 10.2 Å². The molecule has 0 aliphatic rings. The highest BCUT2D eigenvalue weighted by Crippen LogP contribution is 2.33. The molecule has 3 rings (SSSR count). The van der Waals surface area contributed by atoms with Gasteiger partial charge in [0.25, 0.3) is 0 Å². The van der Waals surface area contributed by atoms with Crippen LogP contribution in [-0.4, -0.2) is 0 Å². The van der Waals surface area contributed by atoms with Crippen LogP contribution in [0.3, 0.4) is 0 Å². The van der Waals surface area contributed by atoms with Gasteiger partial charge in [-0.15, -0.1) is 0 Å². The van der Waals surface area contributed by atoms with Gasteiger partial charge < -0.3 is 10.2 Å². The third kappa shape index (κ3) is 2.49. The van der Waals surface area contributed by atoms with E-state index in [0.29, 0.717) is 10.2 Å². The fraction of sp³-hybridized carbons (Fsp3) is 0.176. The van der Waals surface area contributed by atoms with Crippen molar-refractivity contribution in [1.82, 2.24) is 0 Å². The largest absolute Gasteiger partial charge is 0.459 e. The average Bonchev–Trinajstić information content (AvgIpc) is 2.77. The van der Waals surface area contributed by atoms with Gasteiger partial charge in [0, 0.05) is 10.9 Å². The zero-order chi connectivity index (χ0) is 15.1. The Bertz CT molecular complexity index is 825. The number of rotatable bonds is 2. The maximum absolute atomic E-state index is 13.3. The lowest BCUT2D eigenvalue weighted by Crippen LogP contribution is -2.12. The van der Waals surface area contributed by atoms with Crippen LogP contribution >= 0.6 is 15.9 Å². The highest BCUT2D eigenvalue weighted by Gasteiger charge is 2.19. The molecule has 0 radical (unpaired) electrons. The number of fused-ring (bicyclic) bond motifs is 1. The summed E-state index contributed by atoms with van der Waals surface area (Å²) in [6.45, 7) is 4.02. The van der Waals surface area contributed by atoms with Crippen molar-refractivity contribution >= 4 is 26.9 Å². The van der Waals surface area contributed by atoms with Crippen molar-refractivity contribution in [1.29, 1.82) is 0 Å². The van der Waals surface area contributed by atoms with Gasteiger partial charge in [-0.25, -0.2) is 4.39 Å². The molecular formula is C17H15BrFNO. The number of furan rings is 1. The van der Waals surface area contributed by atoms with Crippen LogP contribution in [0, 0.1) is 19.7 Å². The summed E-state index contributed by atoms with van der Waals surface area (Å²) < 4.78 is 19.7. The first-order chi connectivity index (χ1) is 9.97. The van der Waals surface area contributed by atoms with Gasteiger partial charge in [-0.05, 0) is 59.1 Å². The lowest BCUT2D eigenvalue weighted by molar-refractivity contribution is 0.520. The van der Waals surface area contributed by atoms with Crippen LogP contribution in [0.4, 0.5) is 4.39 Å². The van der Waals surface area contributed by atoms with Gasteiger partial charge in [-0.3, -0.25) is 0 Å². The van der Waals surface area contributed by atoms with Crippen LogP contribution < -0.4 is 5.73 Å². The number of benzene rings is 2. The standard InChI is InChI=1S/C17H15BrFNO/c1-9-3-5-12-10(2)17(21-15(12)7-9)16(20)11-4-6-14(19)13(18)8-11/h3-8,16H,20H2,1-2H3. The molecule has 1 atom stereocenters. The smallest absolute Gasteiger partial charge is 0.137 e. The molecule has 4 heteroatoms. The van der Waals surface area contributed by atoms with Crippen LogP contribution in [0.1, 0.15) is 28.5 Å². The lowest BCUT2D eigenvalue weighted by atomic mass is 10.0. The minimum Gasteiger partial charge on any atom is -0.459 e. The molecule has 0 aliphatic carbocycles. The van der Waals surface area contributed by atoms with Gasteiger partial charge in [0.15, 0.2) is 0 Å². The van der Waals surface area contributed by atoms with Crippen molar-refractivity contribution in [2.45, 2.75) is 19.9 Å². The SMILES string of the molecule is Cc1ccc2c(C)c(C(N)c3ccc(F)c(Br)c3)oc2c1. The molecule has 0 saturated heterocycles. The van der Waals surface area contributed by atoms with E-state index < -0.39 is 6.04 Å². The molecule has 21 heavy (non-hydrogen) atoms. The third-order valence-electron chi connectivity index (χ3n) is 3.72. The molecule has 0 fully saturated rings. The van der Waals surface area contributed by atoms with Gasteiger partial charge in [0.05, 0.1) is 10.5 Å². The summed E-state index contributed by atoms with van der Waals surface area (Å²) >= 11 is 3.19. The summed E-state index contributed by atoms with van der Waals surface area (Å²) in [6.07, 6.45) is 0. The molecule has 108 valence electrons. The zero-order valence-electron chi connectivity index (χ0n) is 11.8. The van der Waals surface area contributed by atoms with Crippen LogP contribution in [0.2, 0.25) is 0 Å². The monoisotopic (exact) mass is 347 g/mol. The minimum absolute atomic E-state index is 0.303. The van der Waals surface area contributed by atoms with E-state index in [1.54, 1.807) is 12.1 Å². The summed E-state index contributed by atoms with van der Waals surface area (Å²) in [5.41, 5.74) is 10.1. The first-order valence-corrected chi connectivity index (χ1v) is 7.47. The van der Waals surface area contributed by atoms with Gasteiger partial charge in [-0.2, -0.15) is 0 Å². The number of hydrogen-bond acceptors (Lipinski definition) is 2. The summed E-state index contributed by atoms with van der Waals surface area (Å²) in [4.78, 5) is 0. The molecule has 1 aromatic heterocycles. The van der Waals surface area contributed by atoms with E-state index in [2.05, 4.69) is 22.0 Å². The molecule has 2 aromatic carbocycles. The van der Waals surface area contributed by atoms with E-state index in [0.717, 1.165) is 27.7 Å². The number of nitrogens with two attached hydrogens (primary N) is 1. The van der Waals surface area contributed by atoms with E-state index in [-0.39, 0.29) is 5.82 Å². The molecule has 2 nitrogen and oxygen atoms in total. The van der Waals surface area contributed by atoms with Crippen LogP contribution in [0.25, 0.3) is 11.0 Å². The van der Waals surface area contributed by atoms with Crippen molar-refractivity contribution in [3.63, 3.8) is 0 Å². The second kappa shape index (κ2) is 5.28. The highest BCUT2D eigenvalue weighted by molar-refractivity contribution is 9.10. The first-order valence-electron chi connectivity index (χ1n) is 6.67. The summed E-state index contributed by atoms with van der Waals surface area (Å²) in [5.74, 6) is 0.414. The molecule has 0 spiro atoms. The average molecular weight is 348 g/mol. The van der Waals surface area contributed by atoms with Gasteiger partial charge in [0.2, 0.25) is 0 Å². The normalized spacial score (nSPS) is 12.8. The van der Waals surface area contributed by atoms with Gasteiger partial charge in [0.1, 0.15) is 17.2 Å². The van der Waals surface area contributed by atoms with Crippen molar-refractivity contribution in [2.75, 3.05) is 0 Å². The molecule has 3 aromatic rings. The third-order valence-corrected chi connectivity index (χ3v) is 4.32. The molecule has 0 bridgehead atoms. The van der Waals surface area contributed by atoms with Crippen LogP contribution in [0.5, 0.6) is 0 Å². The summed E-state index contributed by atoms with van der Waals surface area (Å²) in [5, 5.41) is 1.06. The van der Waals surface area contributed by atoms with Crippen molar-refractivity contribution < 1.29 is 8.81 Å². The lowest BCUT2D eigenvalue weighted by Gasteiger charge is -2.11. The Hall–Kier alpha value is -1.65. The second-order valence-corrected chi connectivity index (χ2v) is 6.10. The Labute approximate surface area is 130 Å². The Morgan fingerprint density at radius 2 is 1.90 bits per heavy atom. The molecule has 0 saturated carbocycles. The molecule has 1 heterocycles. The molecule has 0 amide bonds. The van der Waals surface area contributed by atoms with Gasteiger partial charge in [-0.1, -0.05) is 18.2 Å².